The Morgan fingerprint density at radius 3 is 2.75 bits per heavy atom. The maximum absolute atomic E-state index is 11.9. The molecule has 0 aromatic carbocycles. The second-order valence-electron chi connectivity index (χ2n) is 4.54. The second kappa shape index (κ2) is 5.15. The predicted octanol–water partition coefficient (Wildman–Crippen LogP) is 2.89. The van der Waals surface area contributed by atoms with Gasteiger partial charge in [-0.3, -0.25) is 4.79 Å². The van der Waals surface area contributed by atoms with Crippen LogP contribution in [0.5, 0.6) is 0 Å². The van der Waals surface area contributed by atoms with Gasteiger partial charge in [0, 0.05) is 17.0 Å². The highest BCUT2D eigenvalue weighted by molar-refractivity contribution is 7.09. The number of amides is 1. The van der Waals surface area contributed by atoms with Crippen molar-refractivity contribution in [1.82, 2.24) is 10.3 Å². The SMILES string of the molecule is Cc1csc(C(C)NC(=O)C(C)(C)CCl)n1. The Balaban J connectivity index is 2.65. The van der Waals surface area contributed by atoms with Gasteiger partial charge in [-0.05, 0) is 27.7 Å². The van der Waals surface area contributed by atoms with E-state index in [9.17, 15) is 4.79 Å². The van der Waals surface area contributed by atoms with E-state index in [1.807, 2.05) is 33.1 Å². The minimum absolute atomic E-state index is 0.0390. The quantitative estimate of drug-likeness (QED) is 0.846. The van der Waals surface area contributed by atoms with Crippen LogP contribution in [0.4, 0.5) is 0 Å². The molecule has 1 N–H and O–H groups in total. The van der Waals surface area contributed by atoms with Crippen molar-refractivity contribution < 1.29 is 4.79 Å². The molecule has 0 spiro atoms. The van der Waals surface area contributed by atoms with E-state index in [2.05, 4.69) is 10.3 Å². The molecule has 1 unspecified atom stereocenters. The first-order valence-corrected chi connectivity index (χ1v) is 6.57. The van der Waals surface area contributed by atoms with Crippen molar-refractivity contribution in [3.63, 3.8) is 0 Å². The summed E-state index contributed by atoms with van der Waals surface area (Å²) >= 11 is 7.31. The molecule has 0 radical (unpaired) electrons. The van der Waals surface area contributed by atoms with Gasteiger partial charge in [-0.15, -0.1) is 22.9 Å². The van der Waals surface area contributed by atoms with Crippen molar-refractivity contribution >= 4 is 28.8 Å². The zero-order valence-electron chi connectivity index (χ0n) is 10.0. The standard InChI is InChI=1S/C11H17ClN2OS/c1-7-5-16-9(13-7)8(2)14-10(15)11(3,4)6-12/h5,8H,6H2,1-4H3,(H,14,15). The molecule has 0 aliphatic heterocycles. The molecule has 0 aliphatic carbocycles. The molecule has 1 rings (SSSR count). The fourth-order valence-electron chi connectivity index (χ4n) is 1.09. The number of rotatable bonds is 4. The lowest BCUT2D eigenvalue weighted by atomic mass is 9.95. The zero-order chi connectivity index (χ0) is 12.3. The lowest BCUT2D eigenvalue weighted by Gasteiger charge is -2.22. The van der Waals surface area contributed by atoms with Crippen LogP contribution in [0.15, 0.2) is 5.38 Å². The number of aromatic nitrogens is 1. The summed E-state index contributed by atoms with van der Waals surface area (Å²) in [5.74, 6) is 0.269. The van der Waals surface area contributed by atoms with E-state index in [1.54, 1.807) is 11.3 Å². The molecule has 16 heavy (non-hydrogen) atoms. The van der Waals surface area contributed by atoms with Crippen LogP contribution in [0.2, 0.25) is 0 Å². The van der Waals surface area contributed by atoms with Crippen LogP contribution < -0.4 is 5.32 Å². The first kappa shape index (κ1) is 13.5. The maximum Gasteiger partial charge on any atom is 0.227 e. The Labute approximate surface area is 105 Å². The number of halogens is 1. The molecule has 1 atom stereocenters. The van der Waals surface area contributed by atoms with Gasteiger partial charge in [0.2, 0.25) is 5.91 Å². The second-order valence-corrected chi connectivity index (χ2v) is 5.70. The number of alkyl halides is 1. The molecular weight excluding hydrogens is 244 g/mol. The molecule has 1 aromatic heterocycles. The number of carbonyl (C=O) groups excluding carboxylic acids is 1. The van der Waals surface area contributed by atoms with Crippen molar-refractivity contribution in [1.29, 1.82) is 0 Å². The molecule has 3 nitrogen and oxygen atoms in total. The molecule has 0 fully saturated rings. The molecule has 1 heterocycles. The average Bonchev–Trinajstić information content (AvgIpc) is 2.64. The van der Waals surface area contributed by atoms with Crippen molar-refractivity contribution in [3.8, 4) is 0 Å². The van der Waals surface area contributed by atoms with Crippen LogP contribution in [0.3, 0.4) is 0 Å². The first-order chi connectivity index (χ1) is 7.36. The van der Waals surface area contributed by atoms with Crippen molar-refractivity contribution in [3.05, 3.63) is 16.1 Å². The summed E-state index contributed by atoms with van der Waals surface area (Å²) in [7, 11) is 0. The Morgan fingerprint density at radius 2 is 2.31 bits per heavy atom. The highest BCUT2D eigenvalue weighted by atomic mass is 35.5. The van der Waals surface area contributed by atoms with Gasteiger partial charge in [0.1, 0.15) is 5.01 Å². The van der Waals surface area contributed by atoms with Crippen LogP contribution in [-0.2, 0) is 4.79 Å². The third-order valence-electron chi connectivity index (χ3n) is 2.30. The van der Waals surface area contributed by atoms with E-state index < -0.39 is 5.41 Å². The molecule has 0 saturated heterocycles. The monoisotopic (exact) mass is 260 g/mol. The maximum atomic E-state index is 11.9. The lowest BCUT2D eigenvalue weighted by molar-refractivity contribution is -0.129. The van der Waals surface area contributed by atoms with E-state index in [1.165, 1.54) is 0 Å². The molecule has 1 aromatic rings. The largest absolute Gasteiger partial charge is 0.347 e. The van der Waals surface area contributed by atoms with Crippen molar-refractivity contribution in [2.45, 2.75) is 33.7 Å². The summed E-state index contributed by atoms with van der Waals surface area (Å²) in [5.41, 5.74) is 0.444. The molecule has 90 valence electrons. The fourth-order valence-corrected chi connectivity index (χ4v) is 2.01. The molecule has 1 amide bonds. The number of nitrogens with zero attached hydrogens (tertiary/aromatic N) is 1. The Morgan fingerprint density at radius 1 is 1.69 bits per heavy atom. The topological polar surface area (TPSA) is 42.0 Å². The van der Waals surface area contributed by atoms with E-state index in [0.29, 0.717) is 5.88 Å². The van der Waals surface area contributed by atoms with Crippen LogP contribution in [0, 0.1) is 12.3 Å². The van der Waals surface area contributed by atoms with Crippen LogP contribution in [0.25, 0.3) is 0 Å². The van der Waals surface area contributed by atoms with E-state index in [4.69, 9.17) is 11.6 Å². The van der Waals surface area contributed by atoms with Gasteiger partial charge in [-0.2, -0.15) is 0 Å². The summed E-state index contributed by atoms with van der Waals surface area (Å²) in [6.45, 7) is 7.53. The summed E-state index contributed by atoms with van der Waals surface area (Å²) < 4.78 is 0. The number of thiazole rings is 1. The summed E-state index contributed by atoms with van der Waals surface area (Å²) in [6.07, 6.45) is 0. The van der Waals surface area contributed by atoms with Crippen LogP contribution in [-0.4, -0.2) is 16.8 Å². The van der Waals surface area contributed by atoms with Crippen molar-refractivity contribution in [2.75, 3.05) is 5.88 Å². The van der Waals surface area contributed by atoms with Gasteiger partial charge < -0.3 is 5.32 Å². The molecular formula is C11H17ClN2OS. The van der Waals surface area contributed by atoms with Gasteiger partial charge in [-0.25, -0.2) is 4.98 Å². The first-order valence-electron chi connectivity index (χ1n) is 5.16. The summed E-state index contributed by atoms with van der Waals surface area (Å²) in [5, 5.41) is 5.83. The molecule has 5 heteroatoms. The summed E-state index contributed by atoms with van der Waals surface area (Å²) in [6, 6.07) is -0.0614. The Bertz CT molecular complexity index is 376. The smallest absolute Gasteiger partial charge is 0.227 e. The molecule has 0 saturated carbocycles. The predicted molar refractivity (Wildman–Crippen MR) is 67.9 cm³/mol. The van der Waals surface area contributed by atoms with Gasteiger partial charge in [0.15, 0.2) is 0 Å². The number of nitrogens with one attached hydrogen (secondary N) is 1. The van der Waals surface area contributed by atoms with E-state index in [0.717, 1.165) is 10.7 Å². The van der Waals surface area contributed by atoms with Gasteiger partial charge in [-0.1, -0.05) is 0 Å². The zero-order valence-corrected chi connectivity index (χ0v) is 11.6. The number of hydrogen-bond acceptors (Lipinski definition) is 3. The average molecular weight is 261 g/mol. The fraction of sp³-hybridized carbons (Fsp3) is 0.636. The van der Waals surface area contributed by atoms with Gasteiger partial charge in [0.05, 0.1) is 11.5 Å². The van der Waals surface area contributed by atoms with Crippen LogP contribution >= 0.6 is 22.9 Å². The summed E-state index contributed by atoms with van der Waals surface area (Å²) in [4.78, 5) is 16.2. The normalized spacial score (nSPS) is 13.6. The third kappa shape index (κ3) is 3.19. The van der Waals surface area contributed by atoms with Crippen molar-refractivity contribution in [2.24, 2.45) is 5.41 Å². The molecule has 0 bridgehead atoms. The number of hydrogen-bond donors (Lipinski definition) is 1. The minimum atomic E-state index is -0.540. The number of aryl methyl sites for hydroxylation is 1. The van der Waals surface area contributed by atoms with Crippen LogP contribution in [0.1, 0.15) is 37.5 Å². The third-order valence-corrected chi connectivity index (χ3v) is 4.12. The Kier molecular flexibility index (Phi) is 4.33. The minimum Gasteiger partial charge on any atom is -0.347 e. The van der Waals surface area contributed by atoms with Gasteiger partial charge >= 0.3 is 0 Å². The number of carbonyl (C=O) groups is 1. The highest BCUT2D eigenvalue weighted by Gasteiger charge is 2.28. The Hall–Kier alpha value is -0.610. The highest BCUT2D eigenvalue weighted by Crippen LogP contribution is 2.21. The molecule has 0 aliphatic rings. The van der Waals surface area contributed by atoms with E-state index >= 15 is 0 Å². The van der Waals surface area contributed by atoms with E-state index in [-0.39, 0.29) is 11.9 Å². The lowest BCUT2D eigenvalue weighted by Crippen LogP contribution is -2.39. The van der Waals surface area contributed by atoms with Gasteiger partial charge in [0.25, 0.3) is 0 Å².